The first-order chi connectivity index (χ1) is 13.7. The van der Waals surface area contributed by atoms with Crippen molar-refractivity contribution >= 4 is 11.7 Å². The van der Waals surface area contributed by atoms with Crippen molar-refractivity contribution in [3.05, 3.63) is 53.8 Å². The zero-order valence-corrected chi connectivity index (χ0v) is 15.7. The van der Waals surface area contributed by atoms with Gasteiger partial charge in [0.25, 0.3) is 0 Å². The number of hydrogen-bond acceptors (Lipinski definition) is 4. The number of amides is 2. The molecule has 0 saturated carbocycles. The van der Waals surface area contributed by atoms with Gasteiger partial charge in [-0.05, 0) is 36.2 Å². The molecule has 0 spiro atoms. The quantitative estimate of drug-likeness (QED) is 0.881. The van der Waals surface area contributed by atoms with Crippen molar-refractivity contribution in [3.8, 4) is 11.5 Å². The number of ether oxygens (including phenoxy) is 2. The highest BCUT2D eigenvalue weighted by Gasteiger charge is 2.20. The molecule has 0 bridgehead atoms. The van der Waals surface area contributed by atoms with Gasteiger partial charge < -0.3 is 19.7 Å². The van der Waals surface area contributed by atoms with Crippen LogP contribution in [0.4, 0.5) is 14.9 Å². The van der Waals surface area contributed by atoms with Crippen LogP contribution in [0.2, 0.25) is 0 Å². The molecule has 4 rings (SSSR count). The Morgan fingerprint density at radius 2 is 1.75 bits per heavy atom. The summed E-state index contributed by atoms with van der Waals surface area (Å²) in [6, 6.07) is 11.9. The van der Waals surface area contributed by atoms with Gasteiger partial charge in [-0.2, -0.15) is 0 Å². The molecule has 28 heavy (non-hydrogen) atoms. The second-order valence-corrected chi connectivity index (χ2v) is 7.03. The molecular formula is C21H24FN3O3. The Morgan fingerprint density at radius 3 is 2.57 bits per heavy atom. The predicted molar refractivity (Wildman–Crippen MR) is 104 cm³/mol. The first-order valence-corrected chi connectivity index (χ1v) is 9.60. The third-order valence-corrected chi connectivity index (χ3v) is 4.99. The highest BCUT2D eigenvalue weighted by atomic mass is 19.1. The van der Waals surface area contributed by atoms with Crippen molar-refractivity contribution in [3.63, 3.8) is 0 Å². The summed E-state index contributed by atoms with van der Waals surface area (Å²) in [6.45, 7) is 4.87. The Hall–Kier alpha value is -2.80. The van der Waals surface area contributed by atoms with Gasteiger partial charge in [-0.15, -0.1) is 0 Å². The minimum absolute atomic E-state index is 0.111. The Bertz CT molecular complexity index is 828. The maximum absolute atomic E-state index is 13.1. The van der Waals surface area contributed by atoms with E-state index >= 15 is 0 Å². The van der Waals surface area contributed by atoms with Crippen molar-refractivity contribution in [2.24, 2.45) is 0 Å². The summed E-state index contributed by atoms with van der Waals surface area (Å²) in [6.07, 6.45) is 0.899. The van der Waals surface area contributed by atoms with Crippen LogP contribution in [-0.4, -0.2) is 55.2 Å². The molecule has 0 aromatic heterocycles. The molecule has 0 radical (unpaired) electrons. The van der Waals surface area contributed by atoms with Crippen LogP contribution in [-0.2, 0) is 6.54 Å². The van der Waals surface area contributed by atoms with E-state index < -0.39 is 0 Å². The average molecular weight is 385 g/mol. The van der Waals surface area contributed by atoms with Crippen LogP contribution < -0.4 is 14.8 Å². The van der Waals surface area contributed by atoms with Gasteiger partial charge in [-0.3, -0.25) is 4.90 Å². The van der Waals surface area contributed by atoms with Gasteiger partial charge in [0.15, 0.2) is 11.5 Å². The van der Waals surface area contributed by atoms with Crippen LogP contribution in [0.3, 0.4) is 0 Å². The number of fused-ring (bicyclic) bond motifs is 1. The first-order valence-electron chi connectivity index (χ1n) is 9.60. The van der Waals surface area contributed by atoms with Gasteiger partial charge >= 0.3 is 6.03 Å². The number of nitrogens with one attached hydrogen (secondary N) is 1. The predicted octanol–water partition coefficient (Wildman–Crippen LogP) is 3.34. The van der Waals surface area contributed by atoms with Crippen LogP contribution >= 0.6 is 0 Å². The smallest absolute Gasteiger partial charge is 0.321 e. The van der Waals surface area contributed by atoms with Crippen LogP contribution in [0, 0.1) is 5.82 Å². The lowest BCUT2D eigenvalue weighted by atomic mass is 10.2. The molecule has 1 N–H and O–H groups in total. The maximum atomic E-state index is 13.1. The summed E-state index contributed by atoms with van der Waals surface area (Å²) < 4.78 is 24.1. The minimum atomic E-state index is -0.221. The second-order valence-electron chi connectivity index (χ2n) is 7.03. The Kier molecular flexibility index (Phi) is 5.62. The summed E-state index contributed by atoms with van der Waals surface area (Å²) in [4.78, 5) is 16.8. The number of hydrogen-bond donors (Lipinski definition) is 1. The van der Waals surface area contributed by atoms with Crippen molar-refractivity contribution in [1.29, 1.82) is 0 Å². The summed E-state index contributed by atoms with van der Waals surface area (Å²) in [5, 5.41) is 2.95. The third-order valence-electron chi connectivity index (χ3n) is 4.99. The Labute approximate surface area is 163 Å². The van der Waals surface area contributed by atoms with Crippen LogP contribution in [0.15, 0.2) is 42.5 Å². The number of rotatable bonds is 3. The lowest BCUT2D eigenvalue weighted by Crippen LogP contribution is -2.38. The number of carbonyl (C=O) groups excluding carboxylic acids is 1. The number of anilines is 1. The fourth-order valence-electron chi connectivity index (χ4n) is 3.50. The molecule has 2 aliphatic heterocycles. The van der Waals surface area contributed by atoms with E-state index in [9.17, 15) is 9.18 Å². The standard InChI is InChI=1S/C21H24FN3O3/c22-17-4-2-16(3-5-17)15-24-8-1-9-25(11-10-24)21(26)23-18-6-7-19-20(14-18)28-13-12-27-19/h2-7,14H,1,8-13,15H2,(H,23,26). The Morgan fingerprint density at radius 1 is 0.964 bits per heavy atom. The van der Waals surface area contributed by atoms with Crippen molar-refractivity contribution < 1.29 is 18.7 Å². The molecule has 1 fully saturated rings. The van der Waals surface area contributed by atoms with Crippen LogP contribution in [0.5, 0.6) is 11.5 Å². The van der Waals surface area contributed by atoms with E-state index in [-0.39, 0.29) is 11.8 Å². The van der Waals surface area contributed by atoms with Gasteiger partial charge in [0, 0.05) is 44.5 Å². The van der Waals surface area contributed by atoms with Gasteiger partial charge in [0.2, 0.25) is 0 Å². The van der Waals surface area contributed by atoms with Crippen molar-refractivity contribution in [2.45, 2.75) is 13.0 Å². The molecule has 2 aromatic carbocycles. The number of carbonyl (C=O) groups is 1. The lowest BCUT2D eigenvalue weighted by Gasteiger charge is -2.23. The fraction of sp³-hybridized carbons (Fsp3) is 0.381. The van der Waals surface area contributed by atoms with Gasteiger partial charge in [-0.25, -0.2) is 9.18 Å². The van der Waals surface area contributed by atoms with Crippen LogP contribution in [0.1, 0.15) is 12.0 Å². The highest BCUT2D eigenvalue weighted by Crippen LogP contribution is 2.32. The fourth-order valence-corrected chi connectivity index (χ4v) is 3.50. The Balaban J connectivity index is 1.32. The van der Waals surface area contributed by atoms with E-state index in [0.29, 0.717) is 43.5 Å². The molecular weight excluding hydrogens is 361 g/mol. The molecule has 6 nitrogen and oxygen atoms in total. The van der Waals surface area contributed by atoms with E-state index in [2.05, 4.69) is 10.2 Å². The third kappa shape index (κ3) is 4.54. The lowest BCUT2D eigenvalue weighted by molar-refractivity contribution is 0.171. The molecule has 0 aliphatic carbocycles. The zero-order chi connectivity index (χ0) is 19.3. The van der Waals surface area contributed by atoms with Crippen molar-refractivity contribution in [2.75, 3.05) is 44.7 Å². The molecule has 2 aromatic rings. The van der Waals surface area contributed by atoms with Gasteiger partial charge in [-0.1, -0.05) is 12.1 Å². The number of urea groups is 1. The molecule has 0 atom stereocenters. The molecule has 2 aliphatic rings. The molecule has 148 valence electrons. The number of nitrogens with zero attached hydrogens (tertiary/aromatic N) is 2. The second kappa shape index (κ2) is 8.48. The first kappa shape index (κ1) is 18.6. The topological polar surface area (TPSA) is 54.0 Å². The van der Waals surface area contributed by atoms with E-state index in [1.54, 1.807) is 6.07 Å². The van der Waals surface area contributed by atoms with E-state index in [4.69, 9.17) is 9.47 Å². The normalized spacial score (nSPS) is 17.1. The van der Waals surface area contributed by atoms with E-state index in [1.165, 1.54) is 12.1 Å². The molecule has 2 amide bonds. The highest BCUT2D eigenvalue weighted by molar-refractivity contribution is 5.89. The average Bonchev–Trinajstić information content (AvgIpc) is 2.95. The number of halogens is 1. The molecule has 0 unspecified atom stereocenters. The van der Waals surface area contributed by atoms with Crippen molar-refractivity contribution in [1.82, 2.24) is 9.80 Å². The summed E-state index contributed by atoms with van der Waals surface area (Å²) in [5.74, 6) is 1.14. The minimum Gasteiger partial charge on any atom is -0.486 e. The molecule has 7 heteroatoms. The van der Waals surface area contributed by atoms with Gasteiger partial charge in [0.1, 0.15) is 19.0 Å². The largest absolute Gasteiger partial charge is 0.486 e. The maximum Gasteiger partial charge on any atom is 0.321 e. The van der Waals surface area contributed by atoms with Gasteiger partial charge in [0.05, 0.1) is 0 Å². The molecule has 1 saturated heterocycles. The monoisotopic (exact) mass is 385 g/mol. The van der Waals surface area contributed by atoms with Crippen LogP contribution in [0.25, 0.3) is 0 Å². The summed E-state index contributed by atoms with van der Waals surface area (Å²) in [5.41, 5.74) is 1.78. The number of benzene rings is 2. The summed E-state index contributed by atoms with van der Waals surface area (Å²) >= 11 is 0. The zero-order valence-electron chi connectivity index (χ0n) is 15.7. The van der Waals surface area contributed by atoms with E-state index in [1.807, 2.05) is 29.2 Å². The summed E-state index contributed by atoms with van der Waals surface area (Å²) in [7, 11) is 0. The molecule has 2 heterocycles. The SMILES string of the molecule is O=C(Nc1ccc2c(c1)OCCO2)N1CCCN(Cc2ccc(F)cc2)CC1. The van der Waals surface area contributed by atoms with E-state index in [0.717, 1.165) is 31.6 Å².